The van der Waals surface area contributed by atoms with Crippen molar-refractivity contribution in [3.63, 3.8) is 0 Å². The molecule has 5 aromatic rings. The van der Waals surface area contributed by atoms with Gasteiger partial charge < -0.3 is 10.6 Å². The van der Waals surface area contributed by atoms with Crippen LogP contribution in [0.2, 0.25) is 0 Å². The lowest BCUT2D eigenvalue weighted by Gasteiger charge is -2.40. The highest BCUT2D eigenvalue weighted by Gasteiger charge is 2.74. The number of amides is 2. The van der Waals surface area contributed by atoms with Crippen LogP contribution in [0, 0.1) is 10.8 Å². The van der Waals surface area contributed by atoms with Gasteiger partial charge in [0, 0.05) is 10.8 Å². The van der Waals surface area contributed by atoms with Crippen molar-refractivity contribution in [1.29, 1.82) is 0 Å². The first-order valence-electron chi connectivity index (χ1n) is 17.1. The molecule has 0 aliphatic heterocycles. The highest BCUT2D eigenvalue weighted by atomic mass is 16.2. The van der Waals surface area contributed by atoms with Crippen molar-refractivity contribution in [2.45, 2.75) is 88.9 Å². The second-order valence-electron chi connectivity index (χ2n) is 16.0. The lowest BCUT2D eigenvalue weighted by Crippen LogP contribution is -2.49. The van der Waals surface area contributed by atoms with Gasteiger partial charge in [0.2, 0.25) is 11.8 Å². The Bertz CT molecular complexity index is 2100. The third kappa shape index (κ3) is 3.13. The predicted molar refractivity (Wildman–Crippen MR) is 187 cm³/mol. The quantitative estimate of drug-likeness (QED) is 0.211. The van der Waals surface area contributed by atoms with Gasteiger partial charge in [-0.15, -0.1) is 0 Å². The zero-order chi connectivity index (χ0) is 33.5. The van der Waals surface area contributed by atoms with Crippen molar-refractivity contribution >= 4 is 45.3 Å². The fourth-order valence-electron chi connectivity index (χ4n) is 10.3. The molecule has 4 aliphatic rings. The summed E-state index contributed by atoms with van der Waals surface area (Å²) in [4.78, 5) is 50.0. The number of hydrogen-bond acceptors (Lipinski definition) is 6. The Morgan fingerprint density at radius 1 is 0.479 bits per heavy atom. The Kier molecular flexibility index (Phi) is 5.54. The molecular formula is C40H40N6O2. The molecule has 4 unspecified atom stereocenters. The van der Waals surface area contributed by atoms with Gasteiger partial charge in [-0.05, 0) is 72.9 Å². The summed E-state index contributed by atoms with van der Waals surface area (Å²) in [5.41, 5.74) is 4.59. The molecule has 2 saturated carbocycles. The molecule has 8 nitrogen and oxygen atoms in total. The van der Waals surface area contributed by atoms with Crippen LogP contribution in [0.3, 0.4) is 0 Å². The monoisotopic (exact) mass is 636 g/mol. The van der Waals surface area contributed by atoms with Crippen LogP contribution in [0.5, 0.6) is 0 Å². The lowest BCUT2D eigenvalue weighted by atomic mass is 9.63. The average molecular weight is 637 g/mol. The van der Waals surface area contributed by atoms with E-state index in [2.05, 4.69) is 52.2 Å². The molecule has 0 radical (unpaired) electrons. The first-order valence-corrected chi connectivity index (χ1v) is 17.1. The number of anilines is 2. The van der Waals surface area contributed by atoms with Crippen molar-refractivity contribution in [3.8, 4) is 0 Å². The number of hydrogen-bond donors (Lipinski definition) is 2. The zero-order valence-electron chi connectivity index (χ0n) is 28.4. The fraction of sp³-hybridized carbons (Fsp3) is 0.400. The van der Waals surface area contributed by atoms with Gasteiger partial charge in [0.1, 0.15) is 0 Å². The van der Waals surface area contributed by atoms with E-state index in [9.17, 15) is 9.59 Å². The molecule has 48 heavy (non-hydrogen) atoms. The van der Waals surface area contributed by atoms with Gasteiger partial charge in [0.25, 0.3) is 0 Å². The summed E-state index contributed by atoms with van der Waals surface area (Å²) >= 11 is 0. The molecule has 242 valence electrons. The largest absolute Gasteiger partial charge is 0.323 e. The van der Waals surface area contributed by atoms with Crippen LogP contribution in [-0.4, -0.2) is 31.8 Å². The second-order valence-corrected chi connectivity index (χ2v) is 16.0. The Labute approximate surface area is 280 Å². The molecule has 2 heterocycles. The molecule has 2 fully saturated rings. The number of nitrogens with one attached hydrogen (secondary N) is 2. The summed E-state index contributed by atoms with van der Waals surface area (Å²) in [5.74, 6) is -0.228. The van der Waals surface area contributed by atoms with E-state index in [0.29, 0.717) is 24.2 Å². The number of aromatic nitrogens is 4. The maximum atomic E-state index is 14.8. The summed E-state index contributed by atoms with van der Waals surface area (Å²) < 4.78 is 0. The normalized spacial score (nSPS) is 30.0. The standard InChI is InChI=1S/C40H40N6O2/c1-35(2)37(5)19-21-39(35,31-29(37)41-23-13-7-9-15-25(23)43-31)33(47)45-27-17-11-12-18-28(27)46-34(48)40-22-20-38(6,36(40,3)4)30-32(40)44-26-16-10-8-14-24(26)42-30/h7-18H,19-22H2,1-6H3,(H,45,47)(H,46,48). The van der Waals surface area contributed by atoms with E-state index in [-0.39, 0.29) is 22.6 Å². The Hall–Kier alpha value is -4.72. The third-order valence-corrected chi connectivity index (χ3v) is 14.1. The van der Waals surface area contributed by atoms with Crippen molar-refractivity contribution < 1.29 is 9.59 Å². The third-order valence-electron chi connectivity index (χ3n) is 14.1. The van der Waals surface area contributed by atoms with Crippen molar-refractivity contribution in [2.75, 3.05) is 10.6 Å². The number of carbonyl (C=O) groups is 2. The highest BCUT2D eigenvalue weighted by Crippen LogP contribution is 2.71. The molecule has 4 bridgehead atoms. The first-order chi connectivity index (χ1) is 22.8. The van der Waals surface area contributed by atoms with Gasteiger partial charge in [0.15, 0.2) is 0 Å². The van der Waals surface area contributed by atoms with Gasteiger partial charge in [-0.2, -0.15) is 0 Å². The van der Waals surface area contributed by atoms with Gasteiger partial charge in [-0.1, -0.05) is 77.9 Å². The summed E-state index contributed by atoms with van der Waals surface area (Å²) in [5, 5.41) is 6.58. The molecule has 9 rings (SSSR count). The van der Waals surface area contributed by atoms with E-state index in [1.165, 1.54) is 0 Å². The number of nitrogens with zero attached hydrogens (tertiary/aromatic N) is 4. The fourth-order valence-corrected chi connectivity index (χ4v) is 10.3. The van der Waals surface area contributed by atoms with E-state index < -0.39 is 21.7 Å². The molecular weight excluding hydrogens is 596 g/mol. The topological polar surface area (TPSA) is 110 Å². The Morgan fingerprint density at radius 2 is 0.792 bits per heavy atom. The summed E-state index contributed by atoms with van der Waals surface area (Å²) in [6.45, 7) is 13.2. The van der Waals surface area contributed by atoms with E-state index in [0.717, 1.165) is 57.7 Å². The molecule has 2 amide bonds. The second kappa shape index (κ2) is 9.04. The van der Waals surface area contributed by atoms with Crippen LogP contribution in [0.4, 0.5) is 11.4 Å². The molecule has 4 atom stereocenters. The van der Waals surface area contributed by atoms with Crippen LogP contribution >= 0.6 is 0 Å². The SMILES string of the molecule is CC12CCC(C(=O)Nc3ccccc3NC(=O)C34CCC(C)(c5nc6ccccc6nc53)C4(C)C)(c3nc4ccccc4nc31)C2(C)C. The van der Waals surface area contributed by atoms with Crippen molar-refractivity contribution in [1.82, 2.24) is 19.9 Å². The maximum Gasteiger partial charge on any atom is 0.237 e. The van der Waals surface area contributed by atoms with Crippen molar-refractivity contribution in [3.05, 3.63) is 95.6 Å². The summed E-state index contributed by atoms with van der Waals surface area (Å²) in [6, 6.07) is 23.3. The number of fused-ring (bicyclic) bond motifs is 12. The van der Waals surface area contributed by atoms with Crippen LogP contribution in [0.25, 0.3) is 22.1 Å². The zero-order valence-corrected chi connectivity index (χ0v) is 28.4. The van der Waals surface area contributed by atoms with Crippen LogP contribution in [0.1, 0.15) is 90.0 Å². The first kappa shape index (κ1) is 29.4. The van der Waals surface area contributed by atoms with Crippen LogP contribution in [0.15, 0.2) is 72.8 Å². The number of para-hydroxylation sites is 6. The predicted octanol–water partition coefficient (Wildman–Crippen LogP) is 7.51. The number of rotatable bonds is 4. The van der Waals surface area contributed by atoms with E-state index in [1.807, 2.05) is 72.8 Å². The molecule has 3 aromatic carbocycles. The smallest absolute Gasteiger partial charge is 0.237 e. The van der Waals surface area contributed by atoms with E-state index >= 15 is 0 Å². The number of benzene rings is 3. The minimum absolute atomic E-state index is 0.114. The summed E-state index contributed by atoms with van der Waals surface area (Å²) in [7, 11) is 0. The molecule has 4 aliphatic carbocycles. The van der Waals surface area contributed by atoms with Crippen LogP contribution in [-0.2, 0) is 31.2 Å². The molecule has 2 N–H and O–H groups in total. The Morgan fingerprint density at radius 3 is 1.15 bits per heavy atom. The van der Waals surface area contributed by atoms with Gasteiger partial charge in [-0.3, -0.25) is 9.59 Å². The minimum Gasteiger partial charge on any atom is -0.323 e. The number of carbonyl (C=O) groups excluding carboxylic acids is 2. The Balaban J connectivity index is 1.10. The molecule has 8 heteroatoms. The lowest BCUT2D eigenvalue weighted by molar-refractivity contribution is -0.126. The van der Waals surface area contributed by atoms with E-state index in [4.69, 9.17) is 19.9 Å². The average Bonchev–Trinajstić information content (AvgIpc) is 3.54. The summed E-state index contributed by atoms with van der Waals surface area (Å²) in [6.07, 6.45) is 3.04. The van der Waals surface area contributed by atoms with Gasteiger partial charge in [0.05, 0.1) is 67.0 Å². The van der Waals surface area contributed by atoms with Gasteiger partial charge in [-0.25, -0.2) is 19.9 Å². The van der Waals surface area contributed by atoms with E-state index in [1.54, 1.807) is 0 Å². The van der Waals surface area contributed by atoms with Gasteiger partial charge >= 0.3 is 0 Å². The maximum absolute atomic E-state index is 14.8. The molecule has 0 saturated heterocycles. The highest BCUT2D eigenvalue weighted by molar-refractivity contribution is 6.08. The minimum atomic E-state index is -0.875. The van der Waals surface area contributed by atoms with Crippen LogP contribution < -0.4 is 10.6 Å². The molecule has 2 aromatic heterocycles. The molecule has 0 spiro atoms. The van der Waals surface area contributed by atoms with Crippen molar-refractivity contribution in [2.24, 2.45) is 10.8 Å².